The Kier molecular flexibility index (Phi) is 1.93. The van der Waals surface area contributed by atoms with Gasteiger partial charge in [0.25, 0.3) is 0 Å². The summed E-state index contributed by atoms with van der Waals surface area (Å²) in [5, 5.41) is 0. The van der Waals surface area contributed by atoms with Gasteiger partial charge >= 0.3 is 0 Å². The summed E-state index contributed by atoms with van der Waals surface area (Å²) in [6, 6.07) is 0. The zero-order valence-electron chi connectivity index (χ0n) is 5.85. The van der Waals surface area contributed by atoms with E-state index in [-0.39, 0.29) is 0 Å². The monoisotopic (exact) mass is 111 g/mol. The van der Waals surface area contributed by atoms with Crippen LogP contribution in [0.2, 0.25) is 0 Å². The molecule has 1 saturated carbocycles. The molecule has 47 valence electrons. The molecule has 1 fully saturated rings. The molecule has 0 amide bonds. The summed E-state index contributed by atoms with van der Waals surface area (Å²) in [5.74, 6) is 1.90. The van der Waals surface area contributed by atoms with Crippen LogP contribution < -0.4 is 0 Å². The smallest absolute Gasteiger partial charge is 0.0326 e. The van der Waals surface area contributed by atoms with E-state index in [1.54, 1.807) is 0 Å². The van der Waals surface area contributed by atoms with Crippen molar-refractivity contribution in [3.05, 3.63) is 6.42 Å². The Labute approximate surface area is 52.3 Å². The summed E-state index contributed by atoms with van der Waals surface area (Å²) in [6.07, 6.45) is 6.70. The molecule has 0 aliphatic heterocycles. The zero-order valence-corrected chi connectivity index (χ0v) is 5.85. The maximum atomic E-state index is 2.48. The Hall–Kier alpha value is 0. The van der Waals surface area contributed by atoms with Crippen molar-refractivity contribution in [2.45, 2.75) is 33.1 Å². The highest BCUT2D eigenvalue weighted by Gasteiger charge is 2.23. The van der Waals surface area contributed by atoms with E-state index in [4.69, 9.17) is 0 Å². The van der Waals surface area contributed by atoms with Crippen molar-refractivity contribution in [1.29, 1.82) is 0 Å². The number of hydrogen-bond donors (Lipinski definition) is 0. The van der Waals surface area contributed by atoms with E-state index < -0.39 is 0 Å². The summed E-state index contributed by atoms with van der Waals surface area (Å²) in [4.78, 5) is 0. The lowest BCUT2D eigenvalue weighted by Crippen LogP contribution is -2.21. The van der Waals surface area contributed by atoms with Gasteiger partial charge in [0, 0.05) is 0 Å². The van der Waals surface area contributed by atoms with E-state index in [1.165, 1.54) is 19.3 Å². The fourth-order valence-electron chi connectivity index (χ4n) is 1.49. The first-order valence-electron chi connectivity index (χ1n) is 3.68. The topological polar surface area (TPSA) is 0 Å². The Balaban J connectivity index is 1.98. The average Bonchev–Trinajstić information content (AvgIpc) is 1.64. The molecule has 2 unspecified atom stereocenters. The molecule has 0 aromatic heterocycles. The van der Waals surface area contributed by atoms with E-state index in [0.717, 1.165) is 11.8 Å². The Bertz CT molecular complexity index is 57.7. The Morgan fingerprint density at radius 1 is 1.62 bits per heavy atom. The van der Waals surface area contributed by atoms with Crippen LogP contribution in [0.3, 0.4) is 0 Å². The molecule has 0 nitrogen and oxygen atoms in total. The molecule has 0 heterocycles. The quantitative estimate of drug-likeness (QED) is 0.514. The Morgan fingerprint density at radius 3 is 2.62 bits per heavy atom. The fraction of sp³-hybridized carbons (Fsp3) is 0.875. The van der Waals surface area contributed by atoms with Gasteiger partial charge in [-0.2, -0.15) is 0 Å². The van der Waals surface area contributed by atoms with Crippen molar-refractivity contribution in [3.63, 3.8) is 0 Å². The lowest BCUT2D eigenvalue weighted by molar-refractivity contribution is 0.305. The standard InChI is InChI=1S/C8H15/c1-3-4-8-5-7(2)6-8/h5,7-8H,3-4,6H2,1-2H3. The highest BCUT2D eigenvalue weighted by Crippen LogP contribution is 2.34. The maximum Gasteiger partial charge on any atom is -0.0326 e. The van der Waals surface area contributed by atoms with E-state index >= 15 is 0 Å². The fourth-order valence-corrected chi connectivity index (χ4v) is 1.49. The van der Waals surface area contributed by atoms with Gasteiger partial charge in [0.15, 0.2) is 0 Å². The van der Waals surface area contributed by atoms with Crippen molar-refractivity contribution >= 4 is 0 Å². The second-order valence-corrected chi connectivity index (χ2v) is 2.95. The van der Waals surface area contributed by atoms with Crippen LogP contribution in [0, 0.1) is 18.3 Å². The van der Waals surface area contributed by atoms with Crippen LogP contribution in [0.15, 0.2) is 0 Å². The Morgan fingerprint density at radius 2 is 2.25 bits per heavy atom. The predicted octanol–water partition coefficient (Wildman–Crippen LogP) is 2.65. The van der Waals surface area contributed by atoms with Crippen molar-refractivity contribution in [3.8, 4) is 0 Å². The maximum absolute atomic E-state index is 2.48. The average molecular weight is 111 g/mol. The summed E-state index contributed by atoms with van der Waals surface area (Å²) in [7, 11) is 0. The van der Waals surface area contributed by atoms with E-state index in [1.807, 2.05) is 0 Å². The molecular weight excluding hydrogens is 96.1 g/mol. The third-order valence-electron chi connectivity index (χ3n) is 1.93. The molecule has 0 saturated heterocycles. The second-order valence-electron chi connectivity index (χ2n) is 2.95. The van der Waals surface area contributed by atoms with Crippen LogP contribution >= 0.6 is 0 Å². The summed E-state index contributed by atoms with van der Waals surface area (Å²) >= 11 is 0. The predicted molar refractivity (Wildman–Crippen MR) is 36.5 cm³/mol. The minimum atomic E-state index is 0.923. The van der Waals surface area contributed by atoms with Crippen molar-refractivity contribution in [1.82, 2.24) is 0 Å². The molecule has 2 atom stereocenters. The summed E-state index contributed by atoms with van der Waals surface area (Å²) in [6.45, 7) is 4.56. The van der Waals surface area contributed by atoms with Crippen LogP contribution in [-0.4, -0.2) is 0 Å². The van der Waals surface area contributed by atoms with Gasteiger partial charge in [-0.3, -0.25) is 0 Å². The van der Waals surface area contributed by atoms with Crippen LogP contribution in [0.1, 0.15) is 33.1 Å². The van der Waals surface area contributed by atoms with E-state index in [9.17, 15) is 0 Å². The second kappa shape index (κ2) is 2.52. The number of hydrogen-bond acceptors (Lipinski definition) is 0. The minimum absolute atomic E-state index is 0.923. The van der Waals surface area contributed by atoms with E-state index in [0.29, 0.717) is 0 Å². The van der Waals surface area contributed by atoms with Gasteiger partial charge < -0.3 is 0 Å². The lowest BCUT2D eigenvalue weighted by atomic mass is 9.74. The molecule has 0 spiro atoms. The van der Waals surface area contributed by atoms with Gasteiger partial charge in [0.2, 0.25) is 0 Å². The van der Waals surface area contributed by atoms with Crippen LogP contribution in [-0.2, 0) is 0 Å². The van der Waals surface area contributed by atoms with Gasteiger partial charge in [-0.15, -0.1) is 0 Å². The third-order valence-corrected chi connectivity index (χ3v) is 1.93. The van der Waals surface area contributed by atoms with Gasteiger partial charge in [-0.05, 0) is 24.7 Å². The molecule has 0 bridgehead atoms. The molecule has 0 aromatic carbocycles. The molecule has 0 N–H and O–H groups in total. The molecule has 1 rings (SSSR count). The van der Waals surface area contributed by atoms with Gasteiger partial charge in [-0.1, -0.05) is 26.7 Å². The first kappa shape index (κ1) is 6.12. The highest BCUT2D eigenvalue weighted by molar-refractivity contribution is 4.92. The van der Waals surface area contributed by atoms with Crippen molar-refractivity contribution in [2.24, 2.45) is 11.8 Å². The first-order valence-corrected chi connectivity index (χ1v) is 3.68. The highest BCUT2D eigenvalue weighted by atomic mass is 14.3. The normalized spacial score (nSPS) is 36.8. The molecule has 8 heavy (non-hydrogen) atoms. The van der Waals surface area contributed by atoms with Gasteiger partial charge in [0.1, 0.15) is 0 Å². The van der Waals surface area contributed by atoms with E-state index in [2.05, 4.69) is 20.3 Å². The summed E-state index contributed by atoms with van der Waals surface area (Å²) in [5.41, 5.74) is 0. The molecule has 0 aromatic rings. The minimum Gasteiger partial charge on any atom is -0.0654 e. The lowest BCUT2D eigenvalue weighted by Gasteiger charge is -2.31. The van der Waals surface area contributed by atoms with Crippen LogP contribution in [0.25, 0.3) is 0 Å². The van der Waals surface area contributed by atoms with Crippen LogP contribution in [0.5, 0.6) is 0 Å². The van der Waals surface area contributed by atoms with Gasteiger partial charge in [0.05, 0.1) is 0 Å². The zero-order chi connectivity index (χ0) is 5.98. The van der Waals surface area contributed by atoms with Crippen molar-refractivity contribution < 1.29 is 0 Å². The van der Waals surface area contributed by atoms with Gasteiger partial charge in [-0.25, -0.2) is 0 Å². The first-order chi connectivity index (χ1) is 3.83. The van der Waals surface area contributed by atoms with Crippen molar-refractivity contribution in [2.75, 3.05) is 0 Å². The molecule has 1 radical (unpaired) electrons. The molecule has 1 aliphatic carbocycles. The van der Waals surface area contributed by atoms with Crippen LogP contribution in [0.4, 0.5) is 0 Å². The molecular formula is C8H15. The third kappa shape index (κ3) is 1.24. The summed E-state index contributed by atoms with van der Waals surface area (Å²) < 4.78 is 0. The SMILES string of the molecule is CCCC1[CH]C(C)C1. The largest absolute Gasteiger partial charge is 0.0654 e. The number of rotatable bonds is 2. The molecule has 0 heteroatoms. The molecule has 1 aliphatic rings.